The molecule has 1 aliphatic carbocycles. The van der Waals surface area contributed by atoms with Crippen LogP contribution in [0.5, 0.6) is 0 Å². The molecule has 0 saturated heterocycles. The molecule has 11 heteroatoms. The second kappa shape index (κ2) is 7.88. The number of hydrogen-bond acceptors (Lipinski definition) is 6. The Hall–Kier alpha value is -3.08. The van der Waals surface area contributed by atoms with Crippen LogP contribution in [-0.2, 0) is 4.79 Å². The predicted molar refractivity (Wildman–Crippen MR) is 116 cm³/mol. The van der Waals surface area contributed by atoms with E-state index < -0.39 is 17.1 Å². The van der Waals surface area contributed by atoms with Gasteiger partial charge in [0, 0.05) is 30.3 Å². The van der Waals surface area contributed by atoms with Gasteiger partial charge in [0.2, 0.25) is 17.8 Å². The molecule has 1 saturated carbocycles. The summed E-state index contributed by atoms with van der Waals surface area (Å²) in [5.41, 5.74) is 5.64. The third kappa shape index (κ3) is 3.97. The van der Waals surface area contributed by atoms with Crippen LogP contribution in [0.2, 0.25) is 0 Å². The molecule has 2 amide bonds. The van der Waals surface area contributed by atoms with Crippen LogP contribution in [-0.4, -0.2) is 44.7 Å². The van der Waals surface area contributed by atoms with Gasteiger partial charge in [0.15, 0.2) is 5.65 Å². The zero-order valence-corrected chi connectivity index (χ0v) is 18.5. The standard InChI is InChI=1S/C20H21BrFN7O2/c1-20(18(31)24-2)4-3-12(8-20)26-19-25-9-14-15(21)28-29(17(14)27-19)13-6-10(16(23)30)5-11(22)7-13/h5-7,9,12H,3-4,8H2,1-2H3,(H2,23,30)(H,24,31)(H,25,26,27)/t12-,20-/m1/s1. The Kier molecular flexibility index (Phi) is 5.38. The normalized spacial score (nSPS) is 20.7. The largest absolute Gasteiger partial charge is 0.366 e. The van der Waals surface area contributed by atoms with Gasteiger partial charge in [-0.15, -0.1) is 0 Å². The summed E-state index contributed by atoms with van der Waals surface area (Å²) < 4.78 is 16.0. The molecule has 0 aliphatic heterocycles. The number of halogens is 2. The van der Waals surface area contributed by atoms with E-state index in [4.69, 9.17) is 5.73 Å². The highest BCUT2D eigenvalue weighted by Gasteiger charge is 2.40. The highest BCUT2D eigenvalue weighted by atomic mass is 79.9. The molecule has 0 spiro atoms. The van der Waals surface area contributed by atoms with Crippen molar-refractivity contribution < 1.29 is 14.0 Å². The number of nitrogens with two attached hydrogens (primary N) is 1. The number of hydrogen-bond donors (Lipinski definition) is 3. The summed E-state index contributed by atoms with van der Waals surface area (Å²) in [6, 6.07) is 3.80. The van der Waals surface area contributed by atoms with E-state index in [0.717, 1.165) is 18.9 Å². The average molecular weight is 490 g/mol. The SMILES string of the molecule is CNC(=O)[C@]1(C)CC[C@@H](Nc2ncc3c(Br)nn(-c4cc(F)cc(C(N)=O)c4)c3n2)C1. The Morgan fingerprint density at radius 2 is 2.13 bits per heavy atom. The number of fused-ring (bicyclic) bond motifs is 1. The maximum Gasteiger partial charge on any atom is 0.248 e. The first-order chi connectivity index (χ1) is 14.7. The second-order valence-electron chi connectivity index (χ2n) is 7.92. The molecule has 2 aromatic heterocycles. The lowest BCUT2D eigenvalue weighted by molar-refractivity contribution is -0.129. The van der Waals surface area contributed by atoms with E-state index in [1.807, 2.05) is 6.92 Å². The predicted octanol–water partition coefficient (Wildman–Crippen LogP) is 2.53. The molecule has 0 bridgehead atoms. The van der Waals surface area contributed by atoms with E-state index >= 15 is 0 Å². The summed E-state index contributed by atoms with van der Waals surface area (Å²) >= 11 is 3.37. The van der Waals surface area contributed by atoms with Crippen LogP contribution in [0, 0.1) is 11.2 Å². The average Bonchev–Trinajstić information content (AvgIpc) is 3.27. The van der Waals surface area contributed by atoms with Gasteiger partial charge < -0.3 is 16.4 Å². The number of aromatic nitrogens is 4. The summed E-state index contributed by atoms with van der Waals surface area (Å²) in [4.78, 5) is 32.6. The van der Waals surface area contributed by atoms with Gasteiger partial charge >= 0.3 is 0 Å². The van der Waals surface area contributed by atoms with E-state index in [0.29, 0.717) is 33.7 Å². The molecule has 1 aliphatic rings. The smallest absolute Gasteiger partial charge is 0.248 e. The van der Waals surface area contributed by atoms with Crippen molar-refractivity contribution in [3.8, 4) is 5.69 Å². The molecule has 0 unspecified atom stereocenters. The fraction of sp³-hybridized carbons (Fsp3) is 0.350. The minimum Gasteiger partial charge on any atom is -0.366 e. The highest BCUT2D eigenvalue weighted by Crippen LogP contribution is 2.39. The van der Waals surface area contributed by atoms with Gasteiger partial charge in [0.1, 0.15) is 10.4 Å². The molecule has 1 aromatic carbocycles. The monoisotopic (exact) mass is 489 g/mol. The number of rotatable bonds is 5. The minimum absolute atomic E-state index is 0.0199. The summed E-state index contributed by atoms with van der Waals surface area (Å²) in [6.07, 6.45) is 3.83. The molecule has 9 nitrogen and oxygen atoms in total. The van der Waals surface area contributed by atoms with Gasteiger partial charge in [0.25, 0.3) is 0 Å². The quantitative estimate of drug-likeness (QED) is 0.505. The Labute approximate surface area is 185 Å². The Morgan fingerprint density at radius 3 is 2.84 bits per heavy atom. The van der Waals surface area contributed by atoms with Crippen molar-refractivity contribution in [1.29, 1.82) is 0 Å². The number of nitrogens with one attached hydrogen (secondary N) is 2. The van der Waals surface area contributed by atoms with Gasteiger partial charge in [-0.3, -0.25) is 9.59 Å². The zero-order valence-electron chi connectivity index (χ0n) is 16.9. The molecule has 2 heterocycles. The van der Waals surface area contributed by atoms with E-state index in [2.05, 4.69) is 41.6 Å². The van der Waals surface area contributed by atoms with Crippen LogP contribution in [0.1, 0.15) is 36.5 Å². The van der Waals surface area contributed by atoms with Crippen LogP contribution < -0.4 is 16.4 Å². The van der Waals surface area contributed by atoms with Gasteiger partial charge in [-0.2, -0.15) is 10.1 Å². The molecule has 4 rings (SSSR count). The fourth-order valence-corrected chi connectivity index (χ4v) is 4.45. The van der Waals surface area contributed by atoms with Crippen LogP contribution in [0.25, 0.3) is 16.7 Å². The lowest BCUT2D eigenvalue weighted by atomic mass is 9.87. The molecular weight excluding hydrogens is 469 g/mol. The van der Waals surface area contributed by atoms with Gasteiger partial charge in [-0.05, 0) is 53.4 Å². The van der Waals surface area contributed by atoms with Crippen molar-refractivity contribution in [3.05, 3.63) is 40.4 Å². The van der Waals surface area contributed by atoms with Gasteiger partial charge in [0.05, 0.1) is 11.1 Å². The summed E-state index contributed by atoms with van der Waals surface area (Å²) in [5, 5.41) is 11.0. The zero-order chi connectivity index (χ0) is 22.3. The molecule has 0 radical (unpaired) electrons. The molecule has 162 valence electrons. The van der Waals surface area contributed by atoms with Crippen LogP contribution in [0.4, 0.5) is 10.3 Å². The Balaban J connectivity index is 1.68. The number of carbonyl (C=O) groups excluding carboxylic acids is 2. The number of benzene rings is 1. The van der Waals surface area contributed by atoms with Crippen molar-refractivity contribution in [1.82, 2.24) is 25.1 Å². The van der Waals surface area contributed by atoms with Crippen LogP contribution >= 0.6 is 15.9 Å². The van der Waals surface area contributed by atoms with Crippen molar-refractivity contribution >= 4 is 44.7 Å². The number of primary amides is 1. The lowest BCUT2D eigenvalue weighted by Crippen LogP contribution is -2.35. The number of amides is 2. The summed E-state index contributed by atoms with van der Waals surface area (Å²) in [6.45, 7) is 1.95. The molecular formula is C20H21BrFN7O2. The van der Waals surface area contributed by atoms with E-state index in [1.54, 1.807) is 13.2 Å². The molecule has 4 N–H and O–H groups in total. The topological polar surface area (TPSA) is 128 Å². The lowest BCUT2D eigenvalue weighted by Gasteiger charge is -2.22. The van der Waals surface area contributed by atoms with Gasteiger partial charge in [-0.25, -0.2) is 14.1 Å². The maximum atomic E-state index is 14.1. The summed E-state index contributed by atoms with van der Waals surface area (Å²) in [7, 11) is 1.64. The van der Waals surface area contributed by atoms with Crippen molar-refractivity contribution in [2.75, 3.05) is 12.4 Å². The van der Waals surface area contributed by atoms with Crippen molar-refractivity contribution in [2.24, 2.45) is 11.1 Å². The third-order valence-electron chi connectivity index (χ3n) is 5.64. The first-order valence-electron chi connectivity index (χ1n) is 9.71. The molecule has 1 fully saturated rings. The van der Waals surface area contributed by atoms with E-state index in [-0.39, 0.29) is 17.5 Å². The number of anilines is 1. The second-order valence-corrected chi connectivity index (χ2v) is 8.67. The number of nitrogens with zero attached hydrogens (tertiary/aromatic N) is 4. The maximum absolute atomic E-state index is 14.1. The van der Waals surface area contributed by atoms with Crippen molar-refractivity contribution in [2.45, 2.75) is 32.2 Å². The first kappa shape index (κ1) is 21.2. The van der Waals surface area contributed by atoms with E-state index in [1.165, 1.54) is 16.8 Å². The van der Waals surface area contributed by atoms with E-state index in [9.17, 15) is 14.0 Å². The minimum atomic E-state index is -0.742. The van der Waals surface area contributed by atoms with Crippen LogP contribution in [0.3, 0.4) is 0 Å². The Morgan fingerprint density at radius 1 is 1.35 bits per heavy atom. The van der Waals surface area contributed by atoms with Gasteiger partial charge in [-0.1, -0.05) is 6.92 Å². The van der Waals surface area contributed by atoms with Crippen molar-refractivity contribution in [3.63, 3.8) is 0 Å². The first-order valence-corrected chi connectivity index (χ1v) is 10.5. The summed E-state index contributed by atoms with van der Waals surface area (Å²) in [5.74, 6) is -0.961. The molecule has 31 heavy (non-hydrogen) atoms. The number of carbonyl (C=O) groups is 2. The molecule has 2 atom stereocenters. The third-order valence-corrected chi connectivity index (χ3v) is 6.23. The fourth-order valence-electron chi connectivity index (χ4n) is 4.01. The highest BCUT2D eigenvalue weighted by molar-refractivity contribution is 9.10. The van der Waals surface area contributed by atoms with Crippen LogP contribution in [0.15, 0.2) is 29.0 Å². The molecule has 3 aromatic rings. The Bertz CT molecular complexity index is 1200.